The Kier molecular flexibility index (Phi) is 2.47. The number of methoxy groups -OCH3 is 1. The fourth-order valence-electron chi connectivity index (χ4n) is 2.36. The van der Waals surface area contributed by atoms with Gasteiger partial charge in [0.05, 0.1) is 13.2 Å². The van der Waals surface area contributed by atoms with E-state index in [1.807, 2.05) is 12.1 Å². The lowest BCUT2D eigenvalue weighted by Crippen LogP contribution is -2.09. The second-order valence-electron chi connectivity index (χ2n) is 4.77. The van der Waals surface area contributed by atoms with Crippen molar-refractivity contribution in [1.29, 1.82) is 5.26 Å². The lowest BCUT2D eigenvalue weighted by Gasteiger charge is -2.18. The van der Waals surface area contributed by atoms with Crippen molar-refractivity contribution in [3.05, 3.63) is 35.4 Å². The highest BCUT2D eigenvalue weighted by Crippen LogP contribution is 2.46. The number of fused-ring (bicyclic) bond motifs is 1. The first-order chi connectivity index (χ1) is 7.58. The van der Waals surface area contributed by atoms with Gasteiger partial charge < -0.3 is 4.74 Å². The average molecular weight is 213 g/mol. The minimum Gasteiger partial charge on any atom is -0.497 e. The van der Waals surface area contributed by atoms with Crippen LogP contribution in [-0.2, 0) is 6.42 Å². The highest BCUT2D eigenvalue weighted by Gasteiger charge is 2.33. The Morgan fingerprint density at radius 3 is 2.81 bits per heavy atom. The van der Waals surface area contributed by atoms with Crippen molar-refractivity contribution in [2.24, 2.45) is 5.41 Å². The van der Waals surface area contributed by atoms with Crippen molar-refractivity contribution in [3.8, 4) is 11.8 Å². The normalized spacial score (nSPS) is 19.2. The molecule has 0 fully saturated rings. The molecule has 1 aromatic rings. The van der Waals surface area contributed by atoms with Crippen molar-refractivity contribution < 1.29 is 4.74 Å². The van der Waals surface area contributed by atoms with Crippen molar-refractivity contribution in [2.45, 2.75) is 20.3 Å². The van der Waals surface area contributed by atoms with Gasteiger partial charge >= 0.3 is 0 Å². The van der Waals surface area contributed by atoms with E-state index in [1.54, 1.807) is 13.2 Å². The minimum atomic E-state index is 0.0461. The van der Waals surface area contributed by atoms with E-state index in [0.717, 1.165) is 23.3 Å². The zero-order valence-electron chi connectivity index (χ0n) is 9.87. The molecule has 0 saturated carbocycles. The van der Waals surface area contributed by atoms with Gasteiger partial charge in [-0.2, -0.15) is 5.26 Å². The van der Waals surface area contributed by atoms with Crippen molar-refractivity contribution in [2.75, 3.05) is 7.11 Å². The van der Waals surface area contributed by atoms with E-state index in [9.17, 15) is 0 Å². The summed E-state index contributed by atoms with van der Waals surface area (Å²) in [4.78, 5) is 0. The van der Waals surface area contributed by atoms with Gasteiger partial charge in [-0.15, -0.1) is 0 Å². The Morgan fingerprint density at radius 2 is 2.19 bits per heavy atom. The first-order valence-electron chi connectivity index (χ1n) is 5.36. The van der Waals surface area contributed by atoms with Gasteiger partial charge in [-0.25, -0.2) is 0 Å². The molecule has 0 saturated heterocycles. The molecule has 0 amide bonds. The lowest BCUT2D eigenvalue weighted by molar-refractivity contribution is 0.414. The van der Waals surface area contributed by atoms with Gasteiger partial charge in [0.1, 0.15) is 5.75 Å². The fourth-order valence-corrected chi connectivity index (χ4v) is 2.36. The van der Waals surface area contributed by atoms with Gasteiger partial charge in [-0.05, 0) is 40.7 Å². The van der Waals surface area contributed by atoms with Gasteiger partial charge in [-0.3, -0.25) is 0 Å². The van der Waals surface area contributed by atoms with Crippen LogP contribution in [0.1, 0.15) is 25.0 Å². The third-order valence-electron chi connectivity index (χ3n) is 3.18. The maximum atomic E-state index is 8.85. The summed E-state index contributed by atoms with van der Waals surface area (Å²) in [5.74, 6) is 0.847. The van der Waals surface area contributed by atoms with Crippen LogP contribution < -0.4 is 4.74 Å². The molecule has 0 spiro atoms. The van der Waals surface area contributed by atoms with E-state index >= 15 is 0 Å². The van der Waals surface area contributed by atoms with Crippen LogP contribution in [0.2, 0.25) is 0 Å². The van der Waals surface area contributed by atoms with Crippen molar-refractivity contribution >= 4 is 5.57 Å². The molecule has 0 aliphatic heterocycles. The summed E-state index contributed by atoms with van der Waals surface area (Å²) < 4.78 is 5.22. The second-order valence-corrected chi connectivity index (χ2v) is 4.77. The van der Waals surface area contributed by atoms with E-state index in [0.29, 0.717) is 0 Å². The summed E-state index contributed by atoms with van der Waals surface area (Å²) in [5, 5.41) is 8.85. The summed E-state index contributed by atoms with van der Waals surface area (Å²) in [6.45, 7) is 4.34. The van der Waals surface area contributed by atoms with Crippen LogP contribution in [0.15, 0.2) is 24.3 Å². The maximum Gasteiger partial charge on any atom is 0.119 e. The van der Waals surface area contributed by atoms with Crippen LogP contribution in [0.5, 0.6) is 5.75 Å². The molecule has 2 heteroatoms. The molecule has 0 atom stereocenters. The molecular weight excluding hydrogens is 198 g/mol. The van der Waals surface area contributed by atoms with Crippen molar-refractivity contribution in [3.63, 3.8) is 0 Å². The van der Waals surface area contributed by atoms with E-state index < -0.39 is 0 Å². The van der Waals surface area contributed by atoms with Crippen LogP contribution in [0.25, 0.3) is 5.57 Å². The van der Waals surface area contributed by atoms with Gasteiger partial charge in [0.15, 0.2) is 0 Å². The Bertz CT molecular complexity index is 492. The highest BCUT2D eigenvalue weighted by molar-refractivity contribution is 5.79. The summed E-state index contributed by atoms with van der Waals surface area (Å²) in [7, 11) is 1.66. The first kappa shape index (κ1) is 10.8. The number of allylic oxidation sites excluding steroid dienone is 2. The van der Waals surface area contributed by atoms with Crippen LogP contribution >= 0.6 is 0 Å². The van der Waals surface area contributed by atoms with Gasteiger partial charge in [0, 0.05) is 6.08 Å². The largest absolute Gasteiger partial charge is 0.497 e. The number of rotatable bonds is 1. The topological polar surface area (TPSA) is 33.0 Å². The molecule has 0 bridgehead atoms. The van der Waals surface area contributed by atoms with E-state index in [2.05, 4.69) is 26.0 Å². The number of benzene rings is 1. The van der Waals surface area contributed by atoms with E-state index in [4.69, 9.17) is 10.00 Å². The molecule has 16 heavy (non-hydrogen) atoms. The Balaban J connectivity index is 2.58. The standard InChI is InChI=1S/C14H15NO/c1-14(2)9-10-4-5-11(16-3)8-12(10)13(14)6-7-15/h4-6,8H,9H2,1-3H3. The molecule has 0 radical (unpaired) electrons. The number of ether oxygens (including phenoxy) is 1. The average Bonchev–Trinajstić information content (AvgIpc) is 2.50. The van der Waals surface area contributed by atoms with Crippen LogP contribution in [-0.4, -0.2) is 7.11 Å². The molecule has 82 valence electrons. The summed E-state index contributed by atoms with van der Waals surface area (Å²) >= 11 is 0. The van der Waals surface area contributed by atoms with Gasteiger partial charge in [0.2, 0.25) is 0 Å². The smallest absolute Gasteiger partial charge is 0.119 e. The predicted molar refractivity (Wildman–Crippen MR) is 64.1 cm³/mol. The SMILES string of the molecule is COc1ccc2c(c1)C(=CC#N)C(C)(C)C2. The van der Waals surface area contributed by atoms with E-state index in [-0.39, 0.29) is 5.41 Å². The molecule has 2 rings (SSSR count). The van der Waals surface area contributed by atoms with Crippen LogP contribution in [0.4, 0.5) is 0 Å². The minimum absolute atomic E-state index is 0.0461. The summed E-state index contributed by atoms with van der Waals surface area (Å²) in [6, 6.07) is 8.23. The summed E-state index contributed by atoms with van der Waals surface area (Å²) in [5.41, 5.74) is 3.62. The Hall–Kier alpha value is -1.75. The van der Waals surface area contributed by atoms with Gasteiger partial charge in [0.25, 0.3) is 0 Å². The number of hydrogen-bond acceptors (Lipinski definition) is 2. The lowest BCUT2D eigenvalue weighted by atomic mass is 9.85. The monoisotopic (exact) mass is 213 g/mol. The predicted octanol–water partition coefficient (Wildman–Crippen LogP) is 3.18. The molecule has 0 unspecified atom stereocenters. The molecule has 2 nitrogen and oxygen atoms in total. The highest BCUT2D eigenvalue weighted by atomic mass is 16.5. The molecule has 1 aliphatic rings. The maximum absolute atomic E-state index is 8.85. The molecular formula is C14H15NO. The first-order valence-corrected chi connectivity index (χ1v) is 5.36. The van der Waals surface area contributed by atoms with Crippen molar-refractivity contribution in [1.82, 2.24) is 0 Å². The summed E-state index contributed by atoms with van der Waals surface area (Å²) in [6.07, 6.45) is 2.64. The Labute approximate surface area is 96.2 Å². The van der Waals surface area contributed by atoms with Crippen LogP contribution in [0, 0.1) is 16.7 Å². The third-order valence-corrected chi connectivity index (χ3v) is 3.18. The third kappa shape index (κ3) is 1.59. The number of hydrogen-bond donors (Lipinski definition) is 0. The number of nitriles is 1. The zero-order chi connectivity index (χ0) is 11.8. The molecule has 1 aliphatic carbocycles. The van der Waals surface area contributed by atoms with Crippen LogP contribution in [0.3, 0.4) is 0 Å². The zero-order valence-corrected chi connectivity index (χ0v) is 9.87. The molecule has 0 heterocycles. The molecule has 1 aromatic carbocycles. The van der Waals surface area contributed by atoms with E-state index in [1.165, 1.54) is 5.56 Å². The second kappa shape index (κ2) is 3.68. The molecule has 0 aromatic heterocycles. The Morgan fingerprint density at radius 1 is 1.44 bits per heavy atom. The van der Waals surface area contributed by atoms with Gasteiger partial charge in [-0.1, -0.05) is 19.9 Å². The number of nitrogens with zero attached hydrogens (tertiary/aromatic N) is 1. The fraction of sp³-hybridized carbons (Fsp3) is 0.357. The quantitative estimate of drug-likeness (QED) is 0.671. The molecule has 0 N–H and O–H groups in total.